The second kappa shape index (κ2) is 5.82. The molecule has 1 spiro atoms. The van der Waals surface area contributed by atoms with Crippen molar-refractivity contribution < 1.29 is 4.74 Å². The number of fused-ring (bicyclic) bond motifs is 1. The lowest BCUT2D eigenvalue weighted by atomic mass is 10.1. The molecule has 3 aliphatic heterocycles. The van der Waals surface area contributed by atoms with Crippen molar-refractivity contribution in [2.75, 3.05) is 33.4 Å². The molecule has 2 unspecified atom stereocenters. The second-order valence-electron chi connectivity index (χ2n) is 6.51. The van der Waals surface area contributed by atoms with Gasteiger partial charge in [0.25, 0.3) is 0 Å². The summed E-state index contributed by atoms with van der Waals surface area (Å²) in [4.78, 5) is 2.36. The van der Waals surface area contributed by atoms with Gasteiger partial charge in [0.1, 0.15) is 6.29 Å². The van der Waals surface area contributed by atoms with E-state index in [1.54, 1.807) is 0 Å². The van der Waals surface area contributed by atoms with E-state index in [0.29, 0.717) is 0 Å². The van der Waals surface area contributed by atoms with Gasteiger partial charge in [-0.1, -0.05) is 12.8 Å². The minimum Gasteiger partial charge on any atom is -0.379 e. The number of thiocarbonyl (C=S) groups is 1. The maximum atomic E-state index is 5.63. The molecule has 4 aliphatic rings. The Kier molecular flexibility index (Phi) is 3.97. The van der Waals surface area contributed by atoms with Gasteiger partial charge in [-0.15, -0.1) is 0 Å². The highest BCUT2D eigenvalue weighted by molar-refractivity contribution is 7.80. The van der Waals surface area contributed by atoms with Gasteiger partial charge in [0.2, 0.25) is 5.11 Å². The van der Waals surface area contributed by atoms with Crippen molar-refractivity contribution in [3.05, 3.63) is 0 Å². The normalized spacial score (nSPS) is 36.0. The van der Waals surface area contributed by atoms with Crippen LogP contribution in [0.2, 0.25) is 0 Å². The summed E-state index contributed by atoms with van der Waals surface area (Å²) in [6, 6.07) is 0. The third-order valence-corrected chi connectivity index (χ3v) is 5.46. The number of hydrazine groups is 2. The Bertz CT molecular complexity index is 438. The van der Waals surface area contributed by atoms with E-state index >= 15 is 0 Å². The lowest BCUT2D eigenvalue weighted by Crippen LogP contribution is -2.63. The van der Waals surface area contributed by atoms with E-state index < -0.39 is 0 Å². The molecule has 3 saturated heterocycles. The molecule has 4 N–H and O–H groups in total. The molecular formula is C13H25N7OS. The van der Waals surface area contributed by atoms with Crippen LogP contribution in [0.4, 0.5) is 0 Å². The van der Waals surface area contributed by atoms with Crippen molar-refractivity contribution >= 4 is 17.3 Å². The molecule has 0 bridgehead atoms. The lowest BCUT2D eigenvalue weighted by Gasteiger charge is -2.35. The molecule has 4 fully saturated rings. The predicted octanol–water partition coefficient (Wildman–Crippen LogP) is -1.11. The van der Waals surface area contributed by atoms with Crippen LogP contribution in [-0.4, -0.2) is 71.6 Å². The molecule has 1 aliphatic carbocycles. The van der Waals surface area contributed by atoms with Crippen LogP contribution in [0.15, 0.2) is 0 Å². The van der Waals surface area contributed by atoms with Crippen molar-refractivity contribution in [2.45, 2.75) is 43.9 Å². The molecule has 0 aromatic heterocycles. The molecule has 9 heteroatoms. The quantitative estimate of drug-likeness (QED) is 0.449. The van der Waals surface area contributed by atoms with Gasteiger partial charge in [-0.2, -0.15) is 5.43 Å². The van der Waals surface area contributed by atoms with E-state index in [9.17, 15) is 0 Å². The first kappa shape index (κ1) is 15.0. The summed E-state index contributed by atoms with van der Waals surface area (Å²) in [6.45, 7) is 3.43. The highest BCUT2D eigenvalue weighted by Gasteiger charge is 2.46. The van der Waals surface area contributed by atoms with Crippen LogP contribution < -0.4 is 21.5 Å². The van der Waals surface area contributed by atoms with E-state index in [-0.39, 0.29) is 18.2 Å². The number of morpholine rings is 1. The Morgan fingerprint density at radius 2 is 1.91 bits per heavy atom. The van der Waals surface area contributed by atoms with E-state index in [1.165, 1.54) is 12.8 Å². The summed E-state index contributed by atoms with van der Waals surface area (Å²) in [6.07, 6.45) is 4.81. The second-order valence-corrected chi connectivity index (χ2v) is 6.87. The average Bonchev–Trinajstić information content (AvgIpc) is 3.13. The van der Waals surface area contributed by atoms with Gasteiger partial charge >= 0.3 is 0 Å². The van der Waals surface area contributed by atoms with Crippen molar-refractivity contribution in [1.29, 1.82) is 0 Å². The fourth-order valence-corrected chi connectivity index (χ4v) is 4.03. The summed E-state index contributed by atoms with van der Waals surface area (Å²) in [7, 11) is 2.00. The molecule has 0 aromatic rings. The number of hydrogen-bond donors (Lipinski definition) is 4. The number of nitrogens with zero attached hydrogens (tertiary/aromatic N) is 3. The largest absolute Gasteiger partial charge is 0.379 e. The van der Waals surface area contributed by atoms with Crippen molar-refractivity contribution in [3.8, 4) is 0 Å². The molecule has 4 rings (SSSR count). The van der Waals surface area contributed by atoms with Crippen LogP contribution in [0.3, 0.4) is 0 Å². The first-order valence-corrected chi connectivity index (χ1v) is 8.54. The molecular weight excluding hydrogens is 302 g/mol. The predicted molar refractivity (Wildman–Crippen MR) is 85.9 cm³/mol. The smallest absolute Gasteiger partial charge is 0.203 e. The summed E-state index contributed by atoms with van der Waals surface area (Å²) in [5.74, 6) is 0. The van der Waals surface area contributed by atoms with Crippen LogP contribution in [0, 0.1) is 0 Å². The number of rotatable bonds is 1. The summed E-state index contributed by atoms with van der Waals surface area (Å²) >= 11 is 5.63. The minimum atomic E-state index is -0.0627. The molecule has 0 aromatic carbocycles. The fourth-order valence-electron chi connectivity index (χ4n) is 3.82. The first-order chi connectivity index (χ1) is 10.7. The number of nitrogens with one attached hydrogen (secondary N) is 4. The van der Waals surface area contributed by atoms with Crippen LogP contribution in [0.25, 0.3) is 0 Å². The van der Waals surface area contributed by atoms with Crippen LogP contribution in [0.5, 0.6) is 0 Å². The van der Waals surface area contributed by atoms with Crippen molar-refractivity contribution in [1.82, 2.24) is 36.4 Å². The van der Waals surface area contributed by atoms with Crippen LogP contribution in [-0.2, 0) is 4.74 Å². The van der Waals surface area contributed by atoms with Gasteiger partial charge in [0.15, 0.2) is 6.29 Å². The first-order valence-electron chi connectivity index (χ1n) is 8.13. The SMILES string of the molecule is CN1NC2(CCCC2)NC2NC(N3CCOCC3)NN2C1=S. The molecule has 0 amide bonds. The van der Waals surface area contributed by atoms with Crippen molar-refractivity contribution in [2.24, 2.45) is 0 Å². The van der Waals surface area contributed by atoms with E-state index in [2.05, 4.69) is 26.4 Å². The number of ether oxygens (including phenoxy) is 1. The number of hydrogen-bond acceptors (Lipinski definition) is 7. The fraction of sp³-hybridized carbons (Fsp3) is 0.923. The maximum absolute atomic E-state index is 5.63. The minimum absolute atomic E-state index is 0.00380. The van der Waals surface area contributed by atoms with Gasteiger partial charge in [-0.25, -0.2) is 10.4 Å². The molecule has 22 heavy (non-hydrogen) atoms. The summed E-state index contributed by atoms with van der Waals surface area (Å²) in [5.41, 5.74) is 6.99. The van der Waals surface area contributed by atoms with Gasteiger partial charge in [-0.05, 0) is 25.1 Å². The van der Waals surface area contributed by atoms with Crippen molar-refractivity contribution in [3.63, 3.8) is 0 Å². The zero-order valence-corrected chi connectivity index (χ0v) is 13.8. The van der Waals surface area contributed by atoms with Gasteiger partial charge in [0.05, 0.1) is 18.9 Å². The zero-order valence-electron chi connectivity index (χ0n) is 13.0. The van der Waals surface area contributed by atoms with E-state index in [0.717, 1.165) is 44.3 Å². The molecule has 3 heterocycles. The Hall–Kier alpha value is -0.550. The lowest BCUT2D eigenvalue weighted by molar-refractivity contribution is 0.00281. The highest BCUT2D eigenvalue weighted by Crippen LogP contribution is 2.30. The van der Waals surface area contributed by atoms with Crippen LogP contribution in [0.1, 0.15) is 25.7 Å². The monoisotopic (exact) mass is 327 g/mol. The molecule has 1 saturated carbocycles. The topological polar surface area (TPSA) is 67.1 Å². The Balaban J connectivity index is 1.52. The summed E-state index contributed by atoms with van der Waals surface area (Å²) < 4.78 is 5.44. The molecule has 2 atom stereocenters. The summed E-state index contributed by atoms with van der Waals surface area (Å²) in [5, 5.41) is 12.1. The Morgan fingerprint density at radius 3 is 2.64 bits per heavy atom. The standard InChI is InChI=1S/C13H25N7OS/c1-18-12(22)20-10(15-13(17-18)4-2-3-5-13)14-11(16-20)19-6-8-21-9-7-19/h10-11,14-17H,2-9H2,1H3. The maximum Gasteiger partial charge on any atom is 0.203 e. The molecule has 124 valence electrons. The van der Waals surface area contributed by atoms with E-state index in [4.69, 9.17) is 17.0 Å². The average molecular weight is 327 g/mol. The van der Waals surface area contributed by atoms with Gasteiger partial charge < -0.3 is 4.74 Å². The van der Waals surface area contributed by atoms with E-state index in [1.807, 2.05) is 17.1 Å². The Labute approximate surface area is 136 Å². The van der Waals surface area contributed by atoms with Gasteiger partial charge in [0, 0.05) is 20.1 Å². The highest BCUT2D eigenvalue weighted by atomic mass is 32.1. The third kappa shape index (κ3) is 2.60. The zero-order chi connectivity index (χ0) is 15.2. The van der Waals surface area contributed by atoms with Crippen LogP contribution >= 0.6 is 12.2 Å². The molecule has 8 nitrogen and oxygen atoms in total. The third-order valence-electron chi connectivity index (χ3n) is 4.99. The van der Waals surface area contributed by atoms with Gasteiger partial charge in [-0.3, -0.25) is 20.5 Å². The Morgan fingerprint density at radius 1 is 1.18 bits per heavy atom. The molecule has 0 radical (unpaired) electrons.